The number of nitrogens with zero attached hydrogens (tertiary/aromatic N) is 3. The molecule has 0 saturated heterocycles. The van der Waals surface area contributed by atoms with Crippen molar-refractivity contribution in [3.63, 3.8) is 0 Å². The van der Waals surface area contributed by atoms with Crippen molar-refractivity contribution < 1.29 is 0 Å². The van der Waals surface area contributed by atoms with E-state index >= 15 is 0 Å². The summed E-state index contributed by atoms with van der Waals surface area (Å²) in [5.41, 5.74) is 3.76. The molecule has 2 aromatic rings. The standard InChI is InChI=1S/C16H14ClN3S/c1-20-16(21-2)18-14-9-8-12(17)10-13(14)15(19-20)11-6-4-3-5-7-11/h3-10H,1-2H3. The Kier molecular flexibility index (Phi) is 3.99. The molecule has 2 aromatic carbocycles. The third-order valence-corrected chi connectivity index (χ3v) is 4.14. The number of thioether (sulfide) groups is 1. The number of benzene rings is 2. The van der Waals surface area contributed by atoms with Gasteiger partial charge in [-0.05, 0) is 24.5 Å². The van der Waals surface area contributed by atoms with Crippen LogP contribution >= 0.6 is 23.4 Å². The number of fused-ring (bicyclic) bond motifs is 1. The molecule has 0 unspecified atom stereocenters. The van der Waals surface area contributed by atoms with E-state index in [0.29, 0.717) is 5.02 Å². The number of hydrogen-bond acceptors (Lipinski definition) is 4. The van der Waals surface area contributed by atoms with Crippen molar-refractivity contribution in [3.05, 3.63) is 64.7 Å². The van der Waals surface area contributed by atoms with E-state index in [0.717, 1.165) is 27.7 Å². The summed E-state index contributed by atoms with van der Waals surface area (Å²) < 4.78 is 0. The van der Waals surface area contributed by atoms with E-state index in [1.807, 2.05) is 61.8 Å². The molecule has 0 bridgehead atoms. The lowest BCUT2D eigenvalue weighted by atomic mass is 10.0. The monoisotopic (exact) mass is 315 g/mol. The first-order valence-corrected chi connectivity index (χ1v) is 8.09. The largest absolute Gasteiger partial charge is 0.245 e. The summed E-state index contributed by atoms with van der Waals surface area (Å²) in [5.74, 6) is 0. The summed E-state index contributed by atoms with van der Waals surface area (Å²) in [6.07, 6.45) is 1.99. The lowest BCUT2D eigenvalue weighted by molar-refractivity contribution is 0.558. The first kappa shape index (κ1) is 14.2. The third-order valence-electron chi connectivity index (χ3n) is 3.19. The number of halogens is 1. The van der Waals surface area contributed by atoms with Gasteiger partial charge in [-0.3, -0.25) is 0 Å². The molecule has 1 aliphatic rings. The SMILES string of the molecule is CSC1=Nc2ccc(Cl)cc2C(c2ccccc2)=NN1C. The van der Waals surface area contributed by atoms with Crippen LogP contribution in [0.4, 0.5) is 5.69 Å². The van der Waals surface area contributed by atoms with Crippen LogP contribution in [-0.2, 0) is 0 Å². The number of rotatable bonds is 1. The van der Waals surface area contributed by atoms with E-state index in [-0.39, 0.29) is 0 Å². The Labute approximate surface area is 133 Å². The Balaban J connectivity index is 2.24. The van der Waals surface area contributed by atoms with Crippen LogP contribution in [-0.4, -0.2) is 29.2 Å². The average molecular weight is 316 g/mol. The summed E-state index contributed by atoms with van der Waals surface area (Å²) in [6, 6.07) is 15.8. The molecule has 0 fully saturated rings. The zero-order valence-electron chi connectivity index (χ0n) is 11.7. The van der Waals surface area contributed by atoms with Crippen LogP contribution in [0.3, 0.4) is 0 Å². The first-order chi connectivity index (χ1) is 10.2. The maximum absolute atomic E-state index is 6.17. The highest BCUT2D eigenvalue weighted by Gasteiger charge is 2.19. The molecule has 3 nitrogen and oxygen atoms in total. The zero-order chi connectivity index (χ0) is 14.8. The second kappa shape index (κ2) is 5.92. The molecular weight excluding hydrogens is 302 g/mol. The van der Waals surface area contributed by atoms with Crippen molar-refractivity contribution in [1.29, 1.82) is 0 Å². The molecule has 0 radical (unpaired) electrons. The molecule has 0 spiro atoms. The second-order valence-corrected chi connectivity index (χ2v) is 5.81. The number of aliphatic imine (C=N–C) groups is 1. The van der Waals surface area contributed by atoms with Crippen LogP contribution in [0, 0.1) is 0 Å². The fraction of sp³-hybridized carbons (Fsp3) is 0.125. The third kappa shape index (κ3) is 2.82. The van der Waals surface area contributed by atoms with Gasteiger partial charge in [0.25, 0.3) is 0 Å². The van der Waals surface area contributed by atoms with Gasteiger partial charge in [-0.1, -0.05) is 53.7 Å². The van der Waals surface area contributed by atoms with Crippen LogP contribution < -0.4 is 0 Å². The lowest BCUT2D eigenvalue weighted by Gasteiger charge is -2.13. The summed E-state index contributed by atoms with van der Waals surface area (Å²) >= 11 is 7.74. The molecular formula is C16H14ClN3S. The van der Waals surface area contributed by atoms with E-state index in [1.54, 1.807) is 16.8 Å². The van der Waals surface area contributed by atoms with Crippen molar-refractivity contribution in [2.45, 2.75) is 0 Å². The first-order valence-electron chi connectivity index (χ1n) is 6.49. The van der Waals surface area contributed by atoms with Crippen molar-refractivity contribution in [3.8, 4) is 0 Å². The highest BCUT2D eigenvalue weighted by atomic mass is 35.5. The normalized spacial score (nSPS) is 14.1. The van der Waals surface area contributed by atoms with Gasteiger partial charge < -0.3 is 0 Å². The quantitative estimate of drug-likeness (QED) is 0.780. The van der Waals surface area contributed by atoms with Crippen LogP contribution in [0.1, 0.15) is 11.1 Å². The maximum atomic E-state index is 6.17. The number of amidine groups is 1. The molecule has 106 valence electrons. The lowest BCUT2D eigenvalue weighted by Crippen LogP contribution is -2.19. The van der Waals surface area contributed by atoms with E-state index < -0.39 is 0 Å². The molecule has 0 aromatic heterocycles. The maximum Gasteiger partial charge on any atom is 0.184 e. The van der Waals surface area contributed by atoms with Gasteiger partial charge in [-0.2, -0.15) is 5.10 Å². The minimum Gasteiger partial charge on any atom is -0.245 e. The fourth-order valence-corrected chi connectivity index (χ4v) is 2.87. The van der Waals surface area contributed by atoms with Gasteiger partial charge in [0.1, 0.15) is 5.71 Å². The number of hydrazone groups is 1. The Bertz CT molecular complexity index is 726. The van der Waals surface area contributed by atoms with Gasteiger partial charge in [-0.15, -0.1) is 0 Å². The van der Waals surface area contributed by atoms with Gasteiger partial charge >= 0.3 is 0 Å². The summed E-state index contributed by atoms with van der Waals surface area (Å²) in [6.45, 7) is 0. The second-order valence-electron chi connectivity index (χ2n) is 4.60. The van der Waals surface area contributed by atoms with Gasteiger partial charge in [0.05, 0.1) is 5.69 Å². The van der Waals surface area contributed by atoms with Crippen molar-refractivity contribution in [2.75, 3.05) is 13.3 Å². The van der Waals surface area contributed by atoms with E-state index in [2.05, 4.69) is 4.99 Å². The molecule has 1 heterocycles. The molecule has 3 rings (SSSR count). The summed E-state index contributed by atoms with van der Waals surface area (Å²) in [7, 11) is 1.91. The predicted octanol–water partition coefficient (Wildman–Crippen LogP) is 4.39. The van der Waals surface area contributed by atoms with E-state index in [4.69, 9.17) is 16.7 Å². The fourth-order valence-electron chi connectivity index (χ4n) is 2.20. The van der Waals surface area contributed by atoms with Gasteiger partial charge in [0.15, 0.2) is 5.17 Å². The molecule has 0 N–H and O–H groups in total. The molecule has 5 heteroatoms. The zero-order valence-corrected chi connectivity index (χ0v) is 13.3. The minimum atomic E-state index is 0.683. The Morgan fingerprint density at radius 2 is 1.86 bits per heavy atom. The van der Waals surface area contributed by atoms with Crippen molar-refractivity contribution in [1.82, 2.24) is 5.01 Å². The minimum absolute atomic E-state index is 0.683. The Morgan fingerprint density at radius 1 is 1.10 bits per heavy atom. The topological polar surface area (TPSA) is 28.0 Å². The molecule has 0 aliphatic carbocycles. The summed E-state index contributed by atoms with van der Waals surface area (Å²) in [4.78, 5) is 4.69. The van der Waals surface area contributed by atoms with Crippen molar-refractivity contribution >= 4 is 39.9 Å². The Hall–Kier alpha value is -1.78. The predicted molar refractivity (Wildman–Crippen MR) is 91.9 cm³/mol. The molecule has 0 atom stereocenters. The Morgan fingerprint density at radius 3 is 2.57 bits per heavy atom. The van der Waals surface area contributed by atoms with E-state index in [1.165, 1.54) is 0 Å². The van der Waals surface area contributed by atoms with Gasteiger partial charge in [0, 0.05) is 23.2 Å². The van der Waals surface area contributed by atoms with E-state index in [9.17, 15) is 0 Å². The molecule has 0 saturated carbocycles. The average Bonchev–Trinajstić information content (AvgIpc) is 2.65. The molecule has 1 aliphatic heterocycles. The smallest absolute Gasteiger partial charge is 0.184 e. The molecule has 0 amide bonds. The van der Waals surface area contributed by atoms with Crippen LogP contribution in [0.5, 0.6) is 0 Å². The highest BCUT2D eigenvalue weighted by Crippen LogP contribution is 2.30. The van der Waals surface area contributed by atoms with Crippen molar-refractivity contribution in [2.24, 2.45) is 10.1 Å². The van der Waals surface area contributed by atoms with Gasteiger partial charge in [-0.25, -0.2) is 10.0 Å². The van der Waals surface area contributed by atoms with Crippen LogP contribution in [0.15, 0.2) is 58.6 Å². The van der Waals surface area contributed by atoms with Crippen LogP contribution in [0.2, 0.25) is 5.02 Å². The van der Waals surface area contributed by atoms with Gasteiger partial charge in [0.2, 0.25) is 0 Å². The highest BCUT2D eigenvalue weighted by molar-refractivity contribution is 8.13. The molecule has 21 heavy (non-hydrogen) atoms. The van der Waals surface area contributed by atoms with Crippen LogP contribution in [0.25, 0.3) is 0 Å². The summed E-state index contributed by atoms with van der Waals surface area (Å²) in [5, 5.41) is 8.06. The number of hydrogen-bond donors (Lipinski definition) is 0.